The van der Waals surface area contributed by atoms with E-state index >= 15 is 0 Å². The maximum Gasteiger partial charge on any atom is 0.239 e. The van der Waals surface area contributed by atoms with E-state index in [1.807, 2.05) is 4.72 Å². The van der Waals surface area contributed by atoms with E-state index in [0.717, 1.165) is 12.1 Å². The van der Waals surface area contributed by atoms with Crippen LogP contribution in [-0.2, 0) is 10.0 Å². The summed E-state index contributed by atoms with van der Waals surface area (Å²) in [4.78, 5) is -0.268. The number of nitrogens with two attached hydrogens (primary N) is 1. The van der Waals surface area contributed by atoms with Crippen molar-refractivity contribution < 1.29 is 17.2 Å². The van der Waals surface area contributed by atoms with E-state index in [2.05, 4.69) is 28.1 Å². The molecule has 4 nitrogen and oxygen atoms in total. The topological polar surface area (TPSA) is 72.2 Å². The average molecular weight is 345 g/mol. The van der Waals surface area contributed by atoms with Gasteiger partial charge in [0.1, 0.15) is 17.4 Å². The van der Waals surface area contributed by atoms with Crippen molar-refractivity contribution in [2.75, 3.05) is 10.5 Å². The van der Waals surface area contributed by atoms with Crippen LogP contribution >= 0.6 is 28.1 Å². The Balaban J connectivity index is 3.04. The Hall–Kier alpha value is -0.800. The zero-order valence-electron chi connectivity index (χ0n) is 8.21. The molecule has 0 unspecified atom stereocenters. The van der Waals surface area contributed by atoms with Crippen molar-refractivity contribution >= 4 is 48.8 Å². The van der Waals surface area contributed by atoms with Crippen LogP contribution in [-0.4, -0.2) is 19.2 Å². The maximum atomic E-state index is 13.3. The molecule has 0 amide bonds. The van der Waals surface area contributed by atoms with E-state index in [1.165, 1.54) is 0 Å². The molecular weight excluding hydrogens is 338 g/mol. The smallest absolute Gasteiger partial charge is 0.239 e. The Labute approximate surface area is 110 Å². The summed E-state index contributed by atoms with van der Waals surface area (Å²) in [5.74, 6) is -2.34. The Morgan fingerprint density at radius 2 is 2.00 bits per heavy atom. The van der Waals surface area contributed by atoms with Crippen LogP contribution in [0.2, 0.25) is 0 Å². The van der Waals surface area contributed by atoms with Crippen LogP contribution in [0.5, 0.6) is 0 Å². The first-order valence-corrected chi connectivity index (χ1v) is 7.00. The molecule has 3 N–H and O–H groups in total. The molecule has 0 heterocycles. The fourth-order valence-electron chi connectivity index (χ4n) is 0.992. The van der Waals surface area contributed by atoms with Crippen molar-refractivity contribution in [3.8, 4) is 0 Å². The quantitative estimate of drug-likeness (QED) is 0.644. The van der Waals surface area contributed by atoms with Gasteiger partial charge in [-0.05, 0) is 22.0 Å². The molecule has 1 aromatic rings. The minimum Gasteiger partial charge on any atom is -0.392 e. The molecule has 0 atom stereocenters. The van der Waals surface area contributed by atoms with Crippen LogP contribution < -0.4 is 10.5 Å². The van der Waals surface area contributed by atoms with Crippen molar-refractivity contribution in [3.05, 3.63) is 28.2 Å². The summed E-state index contributed by atoms with van der Waals surface area (Å²) >= 11 is 7.19. The Morgan fingerprint density at radius 1 is 1.41 bits per heavy atom. The van der Waals surface area contributed by atoms with E-state index in [-0.39, 0.29) is 9.46 Å². The van der Waals surface area contributed by atoms with Crippen molar-refractivity contribution in [1.82, 2.24) is 0 Å². The molecule has 9 heteroatoms. The van der Waals surface area contributed by atoms with Gasteiger partial charge in [-0.2, -0.15) is 0 Å². The zero-order chi connectivity index (χ0) is 13.2. The fourth-order valence-corrected chi connectivity index (χ4v) is 2.71. The summed E-state index contributed by atoms with van der Waals surface area (Å²) < 4.78 is 50.9. The summed E-state index contributed by atoms with van der Waals surface area (Å²) in [5.41, 5.74) is 4.56. The van der Waals surface area contributed by atoms with Crippen LogP contribution in [0.1, 0.15) is 0 Å². The summed E-state index contributed by atoms with van der Waals surface area (Å²) in [7, 11) is -3.92. The standard InChI is InChI=1S/C8H7BrF2N2O2S2/c9-4-1-6(11)7(2-5(4)10)13-17(14,15)3-8(12)16/h1-2,13H,3H2,(H2,12,16). The molecule has 0 saturated carbocycles. The summed E-state index contributed by atoms with van der Waals surface area (Å²) in [6.45, 7) is 0. The van der Waals surface area contributed by atoms with Crippen molar-refractivity contribution in [2.24, 2.45) is 5.73 Å². The van der Waals surface area contributed by atoms with Gasteiger partial charge in [0.2, 0.25) is 10.0 Å². The summed E-state index contributed by atoms with van der Waals surface area (Å²) in [5, 5.41) is 0. The first kappa shape index (κ1) is 14.3. The van der Waals surface area contributed by atoms with Gasteiger partial charge in [0.25, 0.3) is 0 Å². The molecule has 0 bridgehead atoms. The average Bonchev–Trinajstić information content (AvgIpc) is 2.11. The number of thiocarbonyl (C=S) groups is 1. The number of halogens is 3. The van der Waals surface area contributed by atoms with Gasteiger partial charge in [0.05, 0.1) is 15.1 Å². The van der Waals surface area contributed by atoms with Crippen molar-refractivity contribution in [3.63, 3.8) is 0 Å². The highest BCUT2D eigenvalue weighted by Gasteiger charge is 2.16. The third-order valence-corrected chi connectivity index (χ3v) is 3.76. The first-order chi connectivity index (χ1) is 7.71. The van der Waals surface area contributed by atoms with Crippen LogP contribution in [0, 0.1) is 11.6 Å². The highest BCUT2D eigenvalue weighted by Crippen LogP contribution is 2.24. The Bertz CT molecular complexity index is 563. The van der Waals surface area contributed by atoms with Gasteiger partial charge in [-0.25, -0.2) is 17.2 Å². The molecule has 17 heavy (non-hydrogen) atoms. The van der Waals surface area contributed by atoms with Crippen molar-refractivity contribution in [1.29, 1.82) is 0 Å². The number of sulfonamides is 1. The number of hydrogen-bond donors (Lipinski definition) is 2. The van der Waals surface area contributed by atoms with Crippen LogP contribution in [0.25, 0.3) is 0 Å². The molecule has 0 radical (unpaired) electrons. The maximum absolute atomic E-state index is 13.3. The highest BCUT2D eigenvalue weighted by atomic mass is 79.9. The fraction of sp³-hybridized carbons (Fsp3) is 0.125. The monoisotopic (exact) mass is 344 g/mol. The second-order valence-corrected chi connectivity index (χ2v) is 6.17. The largest absolute Gasteiger partial charge is 0.392 e. The number of rotatable bonds is 4. The lowest BCUT2D eigenvalue weighted by Crippen LogP contribution is -2.26. The number of anilines is 1. The molecular formula is C8H7BrF2N2O2S2. The molecule has 0 aliphatic carbocycles. The third kappa shape index (κ3) is 4.17. The molecule has 1 aromatic carbocycles. The number of benzene rings is 1. The predicted molar refractivity (Wildman–Crippen MR) is 68.3 cm³/mol. The molecule has 0 spiro atoms. The van der Waals surface area contributed by atoms with Gasteiger partial charge in [-0.15, -0.1) is 0 Å². The Kier molecular flexibility index (Phi) is 4.39. The van der Waals surface area contributed by atoms with E-state index in [9.17, 15) is 17.2 Å². The molecule has 0 aromatic heterocycles. The molecule has 0 aliphatic heterocycles. The van der Waals surface area contributed by atoms with E-state index in [4.69, 9.17) is 5.73 Å². The number of hydrogen-bond acceptors (Lipinski definition) is 3. The van der Waals surface area contributed by atoms with E-state index in [0.29, 0.717) is 0 Å². The lowest BCUT2D eigenvalue weighted by molar-refractivity contribution is 0.593. The second kappa shape index (κ2) is 5.23. The van der Waals surface area contributed by atoms with Gasteiger partial charge in [0, 0.05) is 6.07 Å². The van der Waals surface area contributed by atoms with Crippen LogP contribution in [0.15, 0.2) is 16.6 Å². The minimum absolute atomic E-state index is 0.104. The van der Waals surface area contributed by atoms with Gasteiger partial charge >= 0.3 is 0 Å². The second-order valence-electron chi connectivity index (χ2n) is 3.07. The summed E-state index contributed by atoms with van der Waals surface area (Å²) in [6, 6.07) is 1.53. The van der Waals surface area contributed by atoms with Crippen LogP contribution in [0.3, 0.4) is 0 Å². The first-order valence-electron chi connectivity index (χ1n) is 4.14. The molecule has 0 fully saturated rings. The molecule has 0 saturated heterocycles. The van der Waals surface area contributed by atoms with Crippen molar-refractivity contribution in [2.45, 2.75) is 0 Å². The van der Waals surface area contributed by atoms with Gasteiger partial charge in [-0.3, -0.25) is 4.72 Å². The third-order valence-electron chi connectivity index (χ3n) is 1.61. The SMILES string of the molecule is NC(=S)CS(=O)(=O)Nc1cc(F)c(Br)cc1F. The zero-order valence-corrected chi connectivity index (χ0v) is 11.4. The minimum atomic E-state index is -3.92. The van der Waals surface area contributed by atoms with E-state index in [1.54, 1.807) is 0 Å². The number of nitrogens with one attached hydrogen (secondary N) is 1. The van der Waals surface area contributed by atoms with Gasteiger partial charge in [0.15, 0.2) is 0 Å². The Morgan fingerprint density at radius 3 is 2.53 bits per heavy atom. The molecule has 0 aliphatic rings. The lowest BCUT2D eigenvalue weighted by Gasteiger charge is -2.08. The van der Waals surface area contributed by atoms with E-state index < -0.39 is 33.1 Å². The van der Waals surface area contributed by atoms with Crippen LogP contribution in [0.4, 0.5) is 14.5 Å². The normalized spacial score (nSPS) is 11.2. The highest BCUT2D eigenvalue weighted by molar-refractivity contribution is 9.10. The predicted octanol–water partition coefficient (Wildman–Crippen LogP) is 1.76. The van der Waals surface area contributed by atoms with Gasteiger partial charge in [-0.1, -0.05) is 12.2 Å². The summed E-state index contributed by atoms with van der Waals surface area (Å²) in [6.07, 6.45) is 0. The molecule has 94 valence electrons. The molecule has 1 rings (SSSR count). The van der Waals surface area contributed by atoms with Gasteiger partial charge < -0.3 is 5.73 Å². The lowest BCUT2D eigenvalue weighted by atomic mass is 10.3.